The Kier molecular flexibility index (Phi) is 13.1. The maximum absolute atomic E-state index is 13.9. The van der Waals surface area contributed by atoms with Crippen LogP contribution in [0.2, 0.25) is 0 Å². The lowest BCUT2D eigenvalue weighted by molar-refractivity contribution is -0.299. The molecule has 0 amide bonds. The second-order valence-corrected chi connectivity index (χ2v) is 15.3. The Morgan fingerprint density at radius 1 is 0.792 bits per heavy atom. The number of esters is 1. The minimum absolute atomic E-state index is 0.198. The monoisotopic (exact) mass is 687 g/mol. The quantitative estimate of drug-likeness (QED) is 0.274. The lowest BCUT2D eigenvalue weighted by atomic mass is 9.76. The normalized spacial score (nSPS) is 49.9. The number of likely N-dealkylation sites (N-methyl/N-ethyl adjacent to an activating group) is 1. The van der Waals surface area contributed by atoms with Crippen LogP contribution < -0.4 is 0 Å². The molecule has 4 saturated heterocycles. The van der Waals surface area contributed by atoms with Crippen LogP contribution in [0.1, 0.15) is 74.7 Å². The molecular weight excluding hydrogens is 626 g/mol. The molecule has 4 heterocycles. The van der Waals surface area contributed by atoms with Crippen LogP contribution in [0.3, 0.4) is 0 Å². The van der Waals surface area contributed by atoms with Gasteiger partial charge in [-0.2, -0.15) is 0 Å². The summed E-state index contributed by atoms with van der Waals surface area (Å²) in [7, 11) is 5.32. The number of ether oxygens (including phenoxy) is 7. The fourth-order valence-corrected chi connectivity index (χ4v) is 7.89. The van der Waals surface area contributed by atoms with Gasteiger partial charge >= 0.3 is 5.97 Å². The molecule has 4 fully saturated rings. The van der Waals surface area contributed by atoms with Gasteiger partial charge in [-0.3, -0.25) is 9.59 Å². The summed E-state index contributed by atoms with van der Waals surface area (Å²) in [6.07, 6.45) is -7.15. The van der Waals surface area contributed by atoms with E-state index in [1.807, 2.05) is 39.8 Å². The first kappa shape index (κ1) is 39.5. The topological polar surface area (TPSA) is 166 Å². The van der Waals surface area contributed by atoms with Crippen LogP contribution in [0, 0.1) is 29.6 Å². The zero-order valence-corrected chi connectivity index (χ0v) is 30.6. The molecule has 0 saturated carbocycles. The Hall–Kier alpha value is -1.26. The van der Waals surface area contributed by atoms with Gasteiger partial charge in [0.2, 0.25) is 0 Å². The zero-order valence-electron chi connectivity index (χ0n) is 30.6. The number of Topliss-reactive ketones (excluding diaryl/α,β-unsaturated/α-hetero) is 1. The number of methoxy groups -OCH3 is 1. The molecule has 0 aromatic rings. The molecule has 278 valence electrons. The van der Waals surface area contributed by atoms with Crippen molar-refractivity contribution < 1.29 is 58.1 Å². The molecule has 3 N–H and O–H groups in total. The van der Waals surface area contributed by atoms with Crippen molar-refractivity contribution in [3.63, 3.8) is 0 Å². The van der Waals surface area contributed by atoms with Gasteiger partial charge in [0, 0.05) is 37.3 Å². The molecule has 13 heteroatoms. The molecule has 4 rings (SSSR count). The van der Waals surface area contributed by atoms with E-state index in [-0.39, 0.29) is 43.3 Å². The fraction of sp³-hybridized carbons (Fsp3) is 0.943. The summed E-state index contributed by atoms with van der Waals surface area (Å²) in [6.45, 7) is 14.6. The molecule has 0 unspecified atom stereocenters. The van der Waals surface area contributed by atoms with Crippen molar-refractivity contribution in [3.05, 3.63) is 0 Å². The zero-order chi connectivity index (χ0) is 35.8. The van der Waals surface area contributed by atoms with E-state index in [9.17, 15) is 24.9 Å². The highest BCUT2D eigenvalue weighted by atomic mass is 16.7. The third kappa shape index (κ3) is 8.43. The molecule has 0 aliphatic carbocycles. The van der Waals surface area contributed by atoms with Crippen molar-refractivity contribution in [2.75, 3.05) is 27.8 Å². The van der Waals surface area contributed by atoms with Gasteiger partial charge in [0.25, 0.3) is 0 Å². The summed E-state index contributed by atoms with van der Waals surface area (Å²) in [5.74, 6) is -3.74. The van der Waals surface area contributed by atoms with E-state index >= 15 is 0 Å². The third-order valence-electron chi connectivity index (χ3n) is 11.4. The van der Waals surface area contributed by atoms with Crippen molar-refractivity contribution in [1.29, 1.82) is 0 Å². The molecule has 13 nitrogen and oxygen atoms in total. The Morgan fingerprint density at radius 3 is 2.02 bits per heavy atom. The minimum atomic E-state index is -1.10. The number of ketones is 1. The predicted octanol–water partition coefficient (Wildman–Crippen LogP) is 1.91. The smallest absolute Gasteiger partial charge is 0.311 e. The second kappa shape index (κ2) is 16.0. The van der Waals surface area contributed by atoms with Gasteiger partial charge in [-0.05, 0) is 60.5 Å². The van der Waals surface area contributed by atoms with Gasteiger partial charge in [0.1, 0.15) is 18.3 Å². The summed E-state index contributed by atoms with van der Waals surface area (Å²) < 4.78 is 43.0. The summed E-state index contributed by atoms with van der Waals surface area (Å²) in [4.78, 5) is 29.7. The molecule has 4 aliphatic rings. The number of hydrogen-bond acceptors (Lipinski definition) is 13. The number of carbonyl (C=O) groups is 2. The summed E-state index contributed by atoms with van der Waals surface area (Å²) in [5.41, 5.74) is -1.10. The molecule has 4 aliphatic heterocycles. The average Bonchev–Trinajstić information content (AvgIpc) is 3.82. The van der Waals surface area contributed by atoms with E-state index in [2.05, 4.69) is 0 Å². The second-order valence-electron chi connectivity index (χ2n) is 15.3. The first-order chi connectivity index (χ1) is 22.4. The number of hydrogen-bond donors (Lipinski definition) is 3. The highest BCUT2D eigenvalue weighted by molar-refractivity contribution is 5.92. The molecule has 0 aromatic carbocycles. The lowest BCUT2D eigenvalue weighted by Gasteiger charge is -2.46. The van der Waals surface area contributed by atoms with Crippen molar-refractivity contribution in [1.82, 2.24) is 4.90 Å². The van der Waals surface area contributed by atoms with Crippen molar-refractivity contribution >= 4 is 11.8 Å². The van der Waals surface area contributed by atoms with Crippen LogP contribution in [-0.2, 0) is 42.7 Å². The number of aliphatic hydroxyl groups is 3. The minimum Gasteiger partial charge on any atom is -0.462 e. The van der Waals surface area contributed by atoms with E-state index in [0.29, 0.717) is 6.42 Å². The van der Waals surface area contributed by atoms with Gasteiger partial charge in [0.15, 0.2) is 24.0 Å². The Morgan fingerprint density at radius 2 is 1.44 bits per heavy atom. The van der Waals surface area contributed by atoms with Gasteiger partial charge in [-0.1, -0.05) is 27.7 Å². The fourth-order valence-electron chi connectivity index (χ4n) is 7.89. The Bertz CT molecular complexity index is 1090. The molecule has 0 radical (unpaired) electrons. The molecule has 1 spiro atoms. The maximum Gasteiger partial charge on any atom is 0.311 e. The van der Waals surface area contributed by atoms with Crippen LogP contribution in [-0.4, -0.2) is 139 Å². The Balaban J connectivity index is 1.75. The Labute approximate surface area is 285 Å². The molecule has 18 atom stereocenters. The lowest BCUT2D eigenvalue weighted by Crippen LogP contribution is -2.57. The maximum atomic E-state index is 13.9. The standard InChI is InChI=1S/C35H61NO12/c1-16-14-35(15-43-35)32(40)19(4)27(37)18(3)22(7)46-33(41)21(6)31(47-26-13-25(42-11)28(38)23(8)45-26)20(5)30(16)48-34-29(39)24(36(9)10)12-17(2)44-34/h16-31,34,37-39H,12-15H2,1-11H3/t16-,17+,18-,19-,20-,21-,22+,23-,24-,25+,26-,27-,28-,29-,30-,31-,34-,35+/m0/s1. The highest BCUT2D eigenvalue weighted by Gasteiger charge is 2.57. The van der Waals surface area contributed by atoms with Crippen molar-refractivity contribution in [2.45, 2.75) is 154 Å². The number of cyclic esters (lactones) is 1. The molecule has 48 heavy (non-hydrogen) atoms. The summed E-state index contributed by atoms with van der Waals surface area (Å²) >= 11 is 0. The van der Waals surface area contributed by atoms with Gasteiger partial charge in [-0.15, -0.1) is 0 Å². The predicted molar refractivity (Wildman–Crippen MR) is 174 cm³/mol. The van der Waals surface area contributed by atoms with Gasteiger partial charge in [0.05, 0.1) is 49.1 Å². The number of carbonyl (C=O) groups excluding carboxylic acids is 2. The van der Waals surface area contributed by atoms with E-state index in [1.165, 1.54) is 7.11 Å². The van der Waals surface area contributed by atoms with Gasteiger partial charge in [-0.25, -0.2) is 0 Å². The van der Waals surface area contributed by atoms with Gasteiger partial charge < -0.3 is 53.4 Å². The summed E-state index contributed by atoms with van der Waals surface area (Å²) in [6, 6.07) is -0.219. The van der Waals surface area contributed by atoms with Crippen LogP contribution in [0.5, 0.6) is 0 Å². The SMILES string of the molecule is CO[C@@H]1C[C@H](O[C@H]2[C@@H](C)[C@@H](O[C@@H]3O[C@H](C)C[C@H](N(C)C)[C@@H]3O)[C@@H](C)C[C@@]3(CO3)C(=O)[C@@H](C)[C@@H](O)[C@@H](C)[C@@H](C)OC(=O)[C@H]2C)O[C@@H](C)[C@@H]1O. The number of epoxide rings is 1. The van der Waals surface area contributed by atoms with E-state index in [1.54, 1.807) is 34.6 Å². The highest BCUT2D eigenvalue weighted by Crippen LogP contribution is 2.43. The molecule has 0 bridgehead atoms. The van der Waals surface area contributed by atoms with Crippen LogP contribution >= 0.6 is 0 Å². The van der Waals surface area contributed by atoms with E-state index in [0.717, 1.165) is 0 Å². The molecule has 0 aromatic heterocycles. The van der Waals surface area contributed by atoms with E-state index < -0.39 is 96.7 Å². The number of aliphatic hydroxyl groups excluding tert-OH is 3. The molecular formula is C35H61NO12. The number of rotatable bonds is 6. The van der Waals surface area contributed by atoms with Crippen LogP contribution in [0.15, 0.2) is 0 Å². The van der Waals surface area contributed by atoms with Crippen molar-refractivity contribution in [3.8, 4) is 0 Å². The summed E-state index contributed by atoms with van der Waals surface area (Å²) in [5, 5.41) is 33.3. The van der Waals surface area contributed by atoms with E-state index in [4.69, 9.17) is 33.2 Å². The third-order valence-corrected chi connectivity index (χ3v) is 11.4. The van der Waals surface area contributed by atoms with Crippen LogP contribution in [0.25, 0.3) is 0 Å². The number of nitrogens with zero attached hydrogens (tertiary/aromatic N) is 1. The van der Waals surface area contributed by atoms with Crippen LogP contribution in [0.4, 0.5) is 0 Å². The first-order valence-corrected chi connectivity index (χ1v) is 17.7. The van der Waals surface area contributed by atoms with Crippen molar-refractivity contribution in [2.24, 2.45) is 29.6 Å². The largest absolute Gasteiger partial charge is 0.462 e. The first-order valence-electron chi connectivity index (χ1n) is 17.7. The average molecular weight is 688 g/mol.